The fraction of sp³-hybridized carbons (Fsp3) is 0.857. The molecule has 0 saturated carbocycles. The van der Waals surface area contributed by atoms with Crippen LogP contribution in [0, 0.1) is 0 Å². The summed E-state index contributed by atoms with van der Waals surface area (Å²) in [5.74, 6) is -0.402. The number of rotatable bonds is 5. The van der Waals surface area contributed by atoms with Gasteiger partial charge in [-0.1, -0.05) is 0 Å². The summed E-state index contributed by atoms with van der Waals surface area (Å²) in [6.45, 7) is 4.74. The van der Waals surface area contributed by atoms with Crippen LogP contribution in [0.4, 0.5) is 0 Å². The lowest BCUT2D eigenvalue weighted by Gasteiger charge is -2.09. The lowest BCUT2D eigenvalue weighted by Crippen LogP contribution is -2.36. The molecule has 0 heterocycles. The Morgan fingerprint density at radius 1 is 1.45 bits per heavy atom. The van der Waals surface area contributed by atoms with Gasteiger partial charge in [-0.05, 0) is 13.8 Å². The van der Waals surface area contributed by atoms with E-state index in [1.807, 2.05) is 6.92 Å². The van der Waals surface area contributed by atoms with Crippen molar-refractivity contribution in [2.75, 3.05) is 19.8 Å². The number of carbonyl (C=O) groups is 1. The first-order valence-corrected chi connectivity index (χ1v) is 3.72. The molecule has 4 heteroatoms. The van der Waals surface area contributed by atoms with E-state index in [1.54, 1.807) is 6.92 Å². The number of nitrogens with two attached hydrogens (primary N) is 1. The third kappa shape index (κ3) is 4.75. The van der Waals surface area contributed by atoms with E-state index >= 15 is 0 Å². The average Bonchev–Trinajstić information content (AvgIpc) is 2.00. The summed E-state index contributed by atoms with van der Waals surface area (Å²) in [6.07, 6.45) is 0. The minimum absolute atomic E-state index is 0.231. The summed E-state index contributed by atoms with van der Waals surface area (Å²) in [5.41, 5.74) is 5.39. The Labute approximate surface area is 66.7 Å². The maximum absolute atomic E-state index is 10.8. The lowest BCUT2D eigenvalue weighted by atomic mass is 10.3. The highest BCUT2D eigenvalue weighted by molar-refractivity contribution is 5.75. The molecule has 1 atom stereocenters. The van der Waals surface area contributed by atoms with E-state index in [9.17, 15) is 4.79 Å². The minimum atomic E-state index is -0.644. The fourth-order valence-corrected chi connectivity index (χ4v) is 0.562. The molecule has 2 N–H and O–H groups in total. The first-order valence-electron chi connectivity index (χ1n) is 3.72. The van der Waals surface area contributed by atoms with Crippen LogP contribution in [0.15, 0.2) is 0 Å². The zero-order chi connectivity index (χ0) is 8.69. The Morgan fingerprint density at radius 2 is 2.09 bits per heavy atom. The van der Waals surface area contributed by atoms with Gasteiger partial charge in [0.25, 0.3) is 0 Å². The molecule has 0 saturated heterocycles. The molecule has 0 amide bonds. The molecule has 0 aromatic carbocycles. The lowest BCUT2D eigenvalue weighted by molar-refractivity contribution is -0.146. The predicted octanol–water partition coefficient (Wildman–Crippen LogP) is -0.0867. The van der Waals surface area contributed by atoms with E-state index in [1.165, 1.54) is 0 Å². The van der Waals surface area contributed by atoms with Gasteiger partial charge in [-0.15, -0.1) is 0 Å². The second-order valence-corrected chi connectivity index (χ2v) is 2.02. The van der Waals surface area contributed by atoms with Gasteiger partial charge in [0.1, 0.15) is 6.04 Å². The van der Waals surface area contributed by atoms with Crippen LogP contribution in [0.2, 0.25) is 0 Å². The van der Waals surface area contributed by atoms with E-state index in [0.29, 0.717) is 13.2 Å². The van der Waals surface area contributed by atoms with Crippen LogP contribution < -0.4 is 5.73 Å². The molecule has 0 aromatic rings. The molecule has 0 radical (unpaired) electrons. The van der Waals surface area contributed by atoms with Crippen LogP contribution in [0.5, 0.6) is 0 Å². The van der Waals surface area contributed by atoms with E-state index in [4.69, 9.17) is 10.5 Å². The van der Waals surface area contributed by atoms with Gasteiger partial charge in [-0.25, -0.2) is 0 Å². The molecule has 0 rings (SSSR count). The van der Waals surface area contributed by atoms with E-state index in [2.05, 4.69) is 4.74 Å². The van der Waals surface area contributed by atoms with Crippen molar-refractivity contribution >= 4 is 5.97 Å². The molecule has 0 aliphatic heterocycles. The van der Waals surface area contributed by atoms with Crippen LogP contribution in [0.25, 0.3) is 0 Å². The van der Waals surface area contributed by atoms with Gasteiger partial charge in [-0.3, -0.25) is 4.79 Å². The van der Waals surface area contributed by atoms with Crippen LogP contribution in [-0.2, 0) is 14.3 Å². The zero-order valence-corrected chi connectivity index (χ0v) is 7.00. The maximum Gasteiger partial charge on any atom is 0.325 e. The largest absolute Gasteiger partial charge is 0.465 e. The molecule has 0 aliphatic rings. The summed E-state index contributed by atoms with van der Waals surface area (Å²) < 4.78 is 9.59. The normalized spacial score (nSPS) is 12.6. The molecule has 66 valence electrons. The van der Waals surface area contributed by atoms with Gasteiger partial charge in [0.15, 0.2) is 0 Å². The van der Waals surface area contributed by atoms with Crippen molar-refractivity contribution in [1.82, 2.24) is 0 Å². The standard InChI is InChI=1S/C7H15NO3/c1-3-10-5-6(8)7(9)11-4-2/h6H,3-5,8H2,1-2H3/t6-/m0/s1. The Kier molecular flexibility index (Phi) is 5.78. The number of hydrogen-bond donors (Lipinski definition) is 1. The van der Waals surface area contributed by atoms with Gasteiger partial charge in [-0.2, -0.15) is 0 Å². The van der Waals surface area contributed by atoms with Crippen LogP contribution in [-0.4, -0.2) is 31.8 Å². The monoisotopic (exact) mass is 161 g/mol. The van der Waals surface area contributed by atoms with Crippen molar-refractivity contribution in [3.05, 3.63) is 0 Å². The Morgan fingerprint density at radius 3 is 2.55 bits per heavy atom. The number of carbonyl (C=O) groups excluding carboxylic acids is 1. The molecule has 0 aliphatic carbocycles. The summed E-state index contributed by atoms with van der Waals surface area (Å²) in [4.78, 5) is 10.8. The maximum atomic E-state index is 10.8. The van der Waals surface area contributed by atoms with Crippen molar-refractivity contribution < 1.29 is 14.3 Å². The Hall–Kier alpha value is -0.610. The molecular weight excluding hydrogens is 146 g/mol. The van der Waals surface area contributed by atoms with E-state index in [0.717, 1.165) is 0 Å². The minimum Gasteiger partial charge on any atom is -0.465 e. The molecule has 0 bridgehead atoms. The number of esters is 1. The van der Waals surface area contributed by atoms with Gasteiger partial charge in [0.2, 0.25) is 0 Å². The molecule has 4 nitrogen and oxygen atoms in total. The van der Waals surface area contributed by atoms with Crippen molar-refractivity contribution in [3.63, 3.8) is 0 Å². The summed E-state index contributed by atoms with van der Waals surface area (Å²) in [7, 11) is 0. The third-order valence-electron chi connectivity index (χ3n) is 1.09. The van der Waals surface area contributed by atoms with Gasteiger partial charge in [0, 0.05) is 6.61 Å². The van der Waals surface area contributed by atoms with Crippen molar-refractivity contribution in [2.24, 2.45) is 5.73 Å². The van der Waals surface area contributed by atoms with E-state index in [-0.39, 0.29) is 6.61 Å². The van der Waals surface area contributed by atoms with Crippen LogP contribution in [0.3, 0.4) is 0 Å². The highest BCUT2D eigenvalue weighted by atomic mass is 16.5. The topological polar surface area (TPSA) is 61.5 Å². The molecule has 11 heavy (non-hydrogen) atoms. The molecule has 0 spiro atoms. The van der Waals surface area contributed by atoms with Crippen LogP contribution >= 0.6 is 0 Å². The first-order chi connectivity index (χ1) is 5.22. The quantitative estimate of drug-likeness (QED) is 0.572. The van der Waals surface area contributed by atoms with Crippen molar-refractivity contribution in [2.45, 2.75) is 19.9 Å². The summed E-state index contributed by atoms with van der Waals surface area (Å²) in [5, 5.41) is 0. The molecule has 0 aromatic heterocycles. The van der Waals surface area contributed by atoms with Crippen LogP contribution in [0.1, 0.15) is 13.8 Å². The third-order valence-corrected chi connectivity index (χ3v) is 1.09. The highest BCUT2D eigenvalue weighted by Crippen LogP contribution is 1.86. The fourth-order valence-electron chi connectivity index (χ4n) is 0.562. The van der Waals surface area contributed by atoms with Crippen molar-refractivity contribution in [3.8, 4) is 0 Å². The van der Waals surface area contributed by atoms with Gasteiger partial charge < -0.3 is 15.2 Å². The number of ether oxygens (including phenoxy) is 2. The van der Waals surface area contributed by atoms with Gasteiger partial charge >= 0.3 is 5.97 Å². The summed E-state index contributed by atoms with van der Waals surface area (Å²) in [6, 6.07) is -0.644. The smallest absolute Gasteiger partial charge is 0.325 e. The molecule has 0 fully saturated rings. The van der Waals surface area contributed by atoms with E-state index < -0.39 is 12.0 Å². The number of hydrogen-bond acceptors (Lipinski definition) is 4. The SMILES string of the molecule is CCOC[C@H](N)C(=O)OCC. The highest BCUT2D eigenvalue weighted by Gasteiger charge is 2.13. The Bertz CT molecular complexity index is 116. The van der Waals surface area contributed by atoms with Crippen molar-refractivity contribution in [1.29, 1.82) is 0 Å². The predicted molar refractivity (Wildman–Crippen MR) is 41.1 cm³/mol. The van der Waals surface area contributed by atoms with Gasteiger partial charge in [0.05, 0.1) is 13.2 Å². The summed E-state index contributed by atoms with van der Waals surface area (Å²) >= 11 is 0. The first kappa shape index (κ1) is 10.4. The zero-order valence-electron chi connectivity index (χ0n) is 7.00. The second kappa shape index (κ2) is 6.12. The average molecular weight is 161 g/mol. The molecular formula is C7H15NO3. The Balaban J connectivity index is 3.46. The molecule has 0 unspecified atom stereocenters. The second-order valence-electron chi connectivity index (χ2n) is 2.02.